The van der Waals surface area contributed by atoms with Crippen molar-refractivity contribution in [3.8, 4) is 11.5 Å². The lowest BCUT2D eigenvalue weighted by Crippen LogP contribution is -2.44. The summed E-state index contributed by atoms with van der Waals surface area (Å²) in [6.07, 6.45) is 4.28. The number of benzene rings is 1. The smallest absolute Gasteiger partial charge is 0.257 e. The second kappa shape index (κ2) is 10.9. The molecule has 2 unspecified atom stereocenters. The van der Waals surface area contributed by atoms with Crippen LogP contribution >= 0.6 is 12.4 Å². The molecule has 7 nitrogen and oxygen atoms in total. The Balaban J connectivity index is 0.00000338. The standard InChI is InChI=1S/C18H27N3O4.ClH/c1-20-17(22)11-25-15-8-7-12(9-16(15)24-2)18(23)21-14-6-4-3-5-13(14)10-19;/h7-9,13-14H,3-6,10-11,19H2,1-2H3,(H,20,22)(H,21,23);1H. The van der Waals surface area contributed by atoms with Gasteiger partial charge in [-0.1, -0.05) is 12.8 Å². The van der Waals surface area contributed by atoms with Crippen molar-refractivity contribution in [2.24, 2.45) is 11.7 Å². The van der Waals surface area contributed by atoms with Gasteiger partial charge in [0.2, 0.25) is 0 Å². The van der Waals surface area contributed by atoms with E-state index in [0.717, 1.165) is 19.3 Å². The van der Waals surface area contributed by atoms with E-state index in [0.29, 0.717) is 29.5 Å². The fourth-order valence-electron chi connectivity index (χ4n) is 3.08. The van der Waals surface area contributed by atoms with E-state index in [2.05, 4.69) is 10.6 Å². The van der Waals surface area contributed by atoms with Gasteiger partial charge < -0.3 is 25.8 Å². The molecular formula is C18H28ClN3O4. The summed E-state index contributed by atoms with van der Waals surface area (Å²) in [7, 11) is 3.03. The first kappa shape index (κ1) is 22.1. The van der Waals surface area contributed by atoms with Crippen molar-refractivity contribution in [3.05, 3.63) is 23.8 Å². The quantitative estimate of drug-likeness (QED) is 0.659. The van der Waals surface area contributed by atoms with Gasteiger partial charge in [-0.25, -0.2) is 0 Å². The minimum absolute atomic E-state index is 0. The fourth-order valence-corrected chi connectivity index (χ4v) is 3.08. The first-order valence-electron chi connectivity index (χ1n) is 8.61. The number of amides is 2. The summed E-state index contributed by atoms with van der Waals surface area (Å²) >= 11 is 0. The SMILES string of the molecule is CNC(=O)COc1ccc(C(=O)NC2CCCCC2CN)cc1OC.Cl. The van der Waals surface area contributed by atoms with Crippen molar-refractivity contribution >= 4 is 24.2 Å². The second-order valence-corrected chi connectivity index (χ2v) is 6.19. The van der Waals surface area contributed by atoms with Crippen LogP contribution in [-0.4, -0.2) is 45.2 Å². The molecule has 1 aromatic rings. The van der Waals surface area contributed by atoms with Crippen molar-refractivity contribution in [2.75, 3.05) is 27.3 Å². The molecule has 1 aliphatic rings. The maximum atomic E-state index is 12.6. The van der Waals surface area contributed by atoms with Gasteiger partial charge in [-0.05, 0) is 43.5 Å². The van der Waals surface area contributed by atoms with E-state index < -0.39 is 0 Å². The highest BCUT2D eigenvalue weighted by molar-refractivity contribution is 5.95. The minimum atomic E-state index is -0.242. The molecule has 8 heteroatoms. The molecule has 4 N–H and O–H groups in total. The second-order valence-electron chi connectivity index (χ2n) is 6.19. The van der Waals surface area contributed by atoms with Crippen LogP contribution in [0.2, 0.25) is 0 Å². The van der Waals surface area contributed by atoms with Crippen LogP contribution in [-0.2, 0) is 4.79 Å². The van der Waals surface area contributed by atoms with Gasteiger partial charge in [0, 0.05) is 18.7 Å². The van der Waals surface area contributed by atoms with Crippen molar-refractivity contribution < 1.29 is 19.1 Å². The van der Waals surface area contributed by atoms with Crippen LogP contribution in [0.3, 0.4) is 0 Å². The molecule has 146 valence electrons. The third-order valence-electron chi connectivity index (χ3n) is 4.59. The maximum absolute atomic E-state index is 12.6. The van der Waals surface area contributed by atoms with E-state index in [1.165, 1.54) is 20.6 Å². The third-order valence-corrected chi connectivity index (χ3v) is 4.59. The van der Waals surface area contributed by atoms with Gasteiger partial charge in [-0.2, -0.15) is 0 Å². The predicted molar refractivity (Wildman–Crippen MR) is 102 cm³/mol. The van der Waals surface area contributed by atoms with Gasteiger partial charge in [0.25, 0.3) is 11.8 Å². The molecule has 0 radical (unpaired) electrons. The lowest BCUT2D eigenvalue weighted by atomic mass is 9.84. The summed E-state index contributed by atoms with van der Waals surface area (Å²) in [5.41, 5.74) is 6.31. The van der Waals surface area contributed by atoms with Gasteiger partial charge in [0.15, 0.2) is 18.1 Å². The Morgan fingerprint density at radius 1 is 1.23 bits per heavy atom. The number of hydrogen-bond acceptors (Lipinski definition) is 5. The number of ether oxygens (including phenoxy) is 2. The molecule has 2 atom stereocenters. The van der Waals surface area contributed by atoms with Gasteiger partial charge in [0.05, 0.1) is 7.11 Å². The molecule has 2 amide bonds. The molecule has 26 heavy (non-hydrogen) atoms. The number of carbonyl (C=O) groups excluding carboxylic acids is 2. The molecule has 0 spiro atoms. The zero-order valence-corrected chi connectivity index (χ0v) is 16.1. The van der Waals surface area contributed by atoms with E-state index in [4.69, 9.17) is 15.2 Å². The molecule has 0 aromatic heterocycles. The predicted octanol–water partition coefficient (Wildman–Crippen LogP) is 1.49. The number of nitrogens with two attached hydrogens (primary N) is 1. The summed E-state index contributed by atoms with van der Waals surface area (Å²) < 4.78 is 10.7. The van der Waals surface area contributed by atoms with E-state index in [1.807, 2.05) is 0 Å². The molecule has 1 saturated carbocycles. The Labute approximate surface area is 160 Å². The van der Waals surface area contributed by atoms with E-state index in [-0.39, 0.29) is 36.9 Å². The molecule has 0 saturated heterocycles. The molecular weight excluding hydrogens is 358 g/mol. The average molecular weight is 386 g/mol. The van der Waals surface area contributed by atoms with Crippen molar-refractivity contribution in [2.45, 2.75) is 31.7 Å². The number of rotatable bonds is 7. The Bertz CT molecular complexity index is 612. The third kappa shape index (κ3) is 5.78. The summed E-state index contributed by atoms with van der Waals surface area (Å²) in [6.45, 7) is 0.471. The van der Waals surface area contributed by atoms with Gasteiger partial charge >= 0.3 is 0 Å². The zero-order valence-electron chi connectivity index (χ0n) is 15.2. The number of nitrogens with one attached hydrogen (secondary N) is 2. The van der Waals surface area contributed by atoms with E-state index >= 15 is 0 Å². The van der Waals surface area contributed by atoms with Crippen LogP contribution in [0.4, 0.5) is 0 Å². The highest BCUT2D eigenvalue weighted by atomic mass is 35.5. The molecule has 0 aliphatic heterocycles. The lowest BCUT2D eigenvalue weighted by molar-refractivity contribution is -0.122. The fraction of sp³-hybridized carbons (Fsp3) is 0.556. The molecule has 2 rings (SSSR count). The van der Waals surface area contributed by atoms with Gasteiger partial charge in [0.1, 0.15) is 0 Å². The number of halogens is 1. The average Bonchev–Trinajstić information content (AvgIpc) is 2.66. The summed E-state index contributed by atoms with van der Waals surface area (Å²) in [6, 6.07) is 5.03. The topological polar surface area (TPSA) is 103 Å². The van der Waals surface area contributed by atoms with Crippen LogP contribution in [0, 0.1) is 5.92 Å². The monoisotopic (exact) mass is 385 g/mol. The summed E-state index contributed by atoms with van der Waals surface area (Å²) in [4.78, 5) is 23.8. The number of hydrogen-bond donors (Lipinski definition) is 3. The minimum Gasteiger partial charge on any atom is -0.493 e. The Hall–Kier alpha value is -1.99. The van der Waals surface area contributed by atoms with Crippen LogP contribution in [0.25, 0.3) is 0 Å². The zero-order chi connectivity index (χ0) is 18.2. The van der Waals surface area contributed by atoms with Crippen molar-refractivity contribution in [1.29, 1.82) is 0 Å². The molecule has 0 heterocycles. The van der Waals surface area contributed by atoms with Crippen LogP contribution in [0.5, 0.6) is 11.5 Å². The van der Waals surface area contributed by atoms with E-state index in [1.54, 1.807) is 18.2 Å². The highest BCUT2D eigenvalue weighted by Gasteiger charge is 2.26. The van der Waals surface area contributed by atoms with Crippen LogP contribution < -0.4 is 25.8 Å². The van der Waals surface area contributed by atoms with Crippen LogP contribution in [0.15, 0.2) is 18.2 Å². The normalized spacial score (nSPS) is 19.0. The Morgan fingerprint density at radius 3 is 2.62 bits per heavy atom. The first-order chi connectivity index (χ1) is 12.1. The Morgan fingerprint density at radius 2 is 1.96 bits per heavy atom. The lowest BCUT2D eigenvalue weighted by Gasteiger charge is -2.31. The number of likely N-dealkylation sites (N-methyl/N-ethyl adjacent to an activating group) is 1. The molecule has 0 bridgehead atoms. The van der Waals surface area contributed by atoms with Crippen molar-refractivity contribution in [3.63, 3.8) is 0 Å². The Kier molecular flexibility index (Phi) is 9.23. The largest absolute Gasteiger partial charge is 0.493 e. The van der Waals surface area contributed by atoms with Gasteiger partial charge in [-0.15, -0.1) is 12.4 Å². The van der Waals surface area contributed by atoms with Crippen molar-refractivity contribution in [1.82, 2.24) is 10.6 Å². The maximum Gasteiger partial charge on any atom is 0.257 e. The van der Waals surface area contributed by atoms with E-state index in [9.17, 15) is 9.59 Å². The number of methoxy groups -OCH3 is 1. The summed E-state index contributed by atoms with van der Waals surface area (Å²) in [5.74, 6) is 0.765. The molecule has 1 aromatic carbocycles. The summed E-state index contributed by atoms with van der Waals surface area (Å²) in [5, 5.41) is 5.57. The van der Waals surface area contributed by atoms with Gasteiger partial charge in [-0.3, -0.25) is 9.59 Å². The first-order valence-corrected chi connectivity index (χ1v) is 8.61. The molecule has 1 aliphatic carbocycles. The van der Waals surface area contributed by atoms with Crippen LogP contribution in [0.1, 0.15) is 36.0 Å². The highest BCUT2D eigenvalue weighted by Crippen LogP contribution is 2.29. The number of carbonyl (C=O) groups is 2. The molecule has 1 fully saturated rings.